The second kappa shape index (κ2) is 4.32. The van der Waals surface area contributed by atoms with Gasteiger partial charge in [-0.25, -0.2) is 0 Å². The normalized spacial score (nSPS) is 11.1. The third-order valence-corrected chi connectivity index (χ3v) is 1.69. The molecule has 72 valence electrons. The molecule has 0 aliphatic heterocycles. The average molecular weight is 191 g/mol. The fourth-order valence-electron chi connectivity index (χ4n) is 0.928. The van der Waals surface area contributed by atoms with Gasteiger partial charge in [-0.05, 0) is 0 Å². The van der Waals surface area contributed by atoms with Crippen molar-refractivity contribution >= 4 is 5.78 Å². The van der Waals surface area contributed by atoms with Gasteiger partial charge in [-0.15, -0.1) is 0 Å². The highest BCUT2D eigenvalue weighted by molar-refractivity contribution is 6.04. The summed E-state index contributed by atoms with van der Waals surface area (Å²) in [6.45, 7) is 1.29. The third-order valence-electron chi connectivity index (χ3n) is 1.69. The molecular weight excluding hydrogens is 182 g/mol. The van der Waals surface area contributed by atoms with E-state index in [1.165, 1.54) is 6.92 Å². The molecule has 0 heterocycles. The molecule has 0 saturated carbocycles. The van der Waals surface area contributed by atoms with E-state index in [1.54, 1.807) is 30.3 Å². The molecule has 0 aliphatic rings. The number of hydrogen-bond donors (Lipinski definition) is 0. The van der Waals surface area contributed by atoms with Crippen LogP contribution >= 0.6 is 0 Å². The molecule has 0 N–H and O–H groups in total. The number of benzene rings is 1. The minimum Gasteiger partial charge on any atom is -0.289 e. The number of hydrogen-bond acceptors (Lipinski definition) is 3. The lowest BCUT2D eigenvalue weighted by atomic mass is 10.1. The largest absolute Gasteiger partial charge is 0.289 e. The van der Waals surface area contributed by atoms with Crippen LogP contribution in [0.15, 0.2) is 42.1 Å². The van der Waals surface area contributed by atoms with Crippen LogP contribution in [-0.4, -0.2) is 10.7 Å². The van der Waals surface area contributed by atoms with E-state index in [1.807, 2.05) is 0 Å². The van der Waals surface area contributed by atoms with Crippen molar-refractivity contribution in [1.82, 2.24) is 0 Å². The summed E-state index contributed by atoms with van der Waals surface area (Å²) in [5.74, 6) is -0.347. The number of nitrogens with zero attached hydrogens (tertiary/aromatic N) is 1. The van der Waals surface area contributed by atoms with Crippen LogP contribution in [0.3, 0.4) is 0 Å². The molecule has 4 heteroatoms. The zero-order valence-electron chi connectivity index (χ0n) is 7.64. The van der Waals surface area contributed by atoms with Gasteiger partial charge in [0.1, 0.15) is 0 Å². The van der Waals surface area contributed by atoms with Crippen LogP contribution in [-0.2, 0) is 0 Å². The van der Waals surface area contributed by atoms with Gasteiger partial charge in [0.15, 0.2) is 5.78 Å². The van der Waals surface area contributed by atoms with Crippen molar-refractivity contribution in [2.24, 2.45) is 0 Å². The Morgan fingerprint density at radius 2 is 1.93 bits per heavy atom. The predicted molar refractivity (Wildman–Crippen MR) is 51.5 cm³/mol. The summed E-state index contributed by atoms with van der Waals surface area (Å²) in [5.41, 5.74) is 0.299. The van der Waals surface area contributed by atoms with E-state index in [4.69, 9.17) is 0 Å². The van der Waals surface area contributed by atoms with E-state index in [-0.39, 0.29) is 11.5 Å². The molecule has 14 heavy (non-hydrogen) atoms. The molecule has 4 nitrogen and oxygen atoms in total. The Kier molecular flexibility index (Phi) is 3.12. The van der Waals surface area contributed by atoms with Gasteiger partial charge in [0.05, 0.1) is 11.0 Å². The van der Waals surface area contributed by atoms with Crippen LogP contribution in [0.2, 0.25) is 0 Å². The van der Waals surface area contributed by atoms with Gasteiger partial charge in [0.25, 0.3) is 0 Å². The number of allylic oxidation sites excluding steroid dienone is 2. The summed E-state index contributed by atoms with van der Waals surface area (Å²) in [7, 11) is 0. The number of carbonyl (C=O) groups is 1. The molecule has 0 bridgehead atoms. The van der Waals surface area contributed by atoms with Gasteiger partial charge in [-0.3, -0.25) is 14.9 Å². The Hall–Kier alpha value is -1.97. The Morgan fingerprint density at radius 1 is 1.36 bits per heavy atom. The number of carbonyl (C=O) groups excluding carboxylic acids is 1. The molecule has 0 radical (unpaired) electrons. The van der Waals surface area contributed by atoms with Crippen molar-refractivity contribution in [3.8, 4) is 0 Å². The Bertz CT molecular complexity index is 382. The number of nitro groups is 1. The lowest BCUT2D eigenvalue weighted by Crippen LogP contribution is -2.00. The maximum Gasteiger partial charge on any atom is 0.247 e. The van der Waals surface area contributed by atoms with E-state index in [0.29, 0.717) is 5.56 Å². The zero-order valence-corrected chi connectivity index (χ0v) is 7.64. The highest BCUT2D eigenvalue weighted by atomic mass is 16.6. The van der Waals surface area contributed by atoms with Crippen LogP contribution in [0.5, 0.6) is 0 Å². The van der Waals surface area contributed by atoms with E-state index >= 15 is 0 Å². The van der Waals surface area contributed by atoms with Gasteiger partial charge < -0.3 is 0 Å². The molecule has 0 aromatic heterocycles. The molecule has 0 aliphatic carbocycles. The molecule has 1 rings (SSSR count). The van der Waals surface area contributed by atoms with Crippen molar-refractivity contribution in [3.63, 3.8) is 0 Å². The second-order valence-corrected chi connectivity index (χ2v) is 2.77. The highest BCUT2D eigenvalue weighted by Crippen LogP contribution is 2.03. The molecule has 0 atom stereocenters. The third kappa shape index (κ3) is 2.52. The lowest BCUT2D eigenvalue weighted by molar-refractivity contribution is -0.424. The van der Waals surface area contributed by atoms with Gasteiger partial charge in [-0.1, -0.05) is 30.3 Å². The van der Waals surface area contributed by atoms with E-state index < -0.39 is 4.92 Å². The maximum atomic E-state index is 11.4. The van der Waals surface area contributed by atoms with Crippen LogP contribution < -0.4 is 0 Å². The van der Waals surface area contributed by atoms with Crippen molar-refractivity contribution in [2.75, 3.05) is 0 Å². The number of ketones is 1. The van der Waals surface area contributed by atoms with Crippen molar-refractivity contribution in [3.05, 3.63) is 57.8 Å². The predicted octanol–water partition coefficient (Wildman–Crippen LogP) is 2.05. The van der Waals surface area contributed by atoms with Crippen LogP contribution in [0.4, 0.5) is 0 Å². The minimum absolute atomic E-state index is 0.154. The zero-order chi connectivity index (χ0) is 10.6. The summed E-state index contributed by atoms with van der Waals surface area (Å²) in [6, 6.07) is 8.43. The summed E-state index contributed by atoms with van der Waals surface area (Å²) < 4.78 is 0. The monoisotopic (exact) mass is 191 g/mol. The van der Waals surface area contributed by atoms with Gasteiger partial charge >= 0.3 is 0 Å². The first kappa shape index (κ1) is 10.1. The minimum atomic E-state index is -0.582. The van der Waals surface area contributed by atoms with Crippen molar-refractivity contribution in [2.45, 2.75) is 6.92 Å². The first-order valence-electron chi connectivity index (χ1n) is 4.03. The van der Waals surface area contributed by atoms with Gasteiger partial charge in [0.2, 0.25) is 5.70 Å². The van der Waals surface area contributed by atoms with Crippen LogP contribution in [0.1, 0.15) is 17.3 Å². The molecule has 0 fully saturated rings. The summed E-state index contributed by atoms with van der Waals surface area (Å²) in [6.07, 6.45) is 1.02. The molecule has 0 amide bonds. The average Bonchev–Trinajstić information content (AvgIpc) is 2.19. The van der Waals surface area contributed by atoms with Gasteiger partial charge in [0, 0.05) is 12.5 Å². The Morgan fingerprint density at radius 3 is 2.43 bits per heavy atom. The van der Waals surface area contributed by atoms with Crippen LogP contribution in [0.25, 0.3) is 0 Å². The summed E-state index contributed by atoms with van der Waals surface area (Å²) >= 11 is 0. The molecule has 1 aromatic carbocycles. The van der Waals surface area contributed by atoms with Crippen molar-refractivity contribution < 1.29 is 9.72 Å². The smallest absolute Gasteiger partial charge is 0.247 e. The maximum absolute atomic E-state index is 11.4. The summed E-state index contributed by atoms with van der Waals surface area (Å²) in [5, 5.41) is 10.3. The highest BCUT2D eigenvalue weighted by Gasteiger charge is 2.07. The second-order valence-electron chi connectivity index (χ2n) is 2.77. The first-order valence-corrected chi connectivity index (χ1v) is 4.03. The molecule has 1 aromatic rings. The standard InChI is InChI=1S/C10H9NO3/c1-8(11(13)14)7-10(12)9-5-3-2-4-6-9/h2-7H,1H3/b8-7+. The number of rotatable bonds is 3. The molecule has 0 saturated heterocycles. The topological polar surface area (TPSA) is 60.2 Å². The molecular formula is C10H9NO3. The molecule has 0 unspecified atom stereocenters. The Labute approximate surface area is 81.0 Å². The molecule has 0 spiro atoms. The SMILES string of the molecule is C/C(=C\C(=O)c1ccccc1)[N+](=O)[O-]. The quantitative estimate of drug-likeness (QED) is 0.318. The summed E-state index contributed by atoms with van der Waals surface area (Å²) in [4.78, 5) is 21.0. The fraction of sp³-hybridized carbons (Fsp3) is 0.100. The van der Waals surface area contributed by atoms with Crippen molar-refractivity contribution in [1.29, 1.82) is 0 Å². The lowest BCUT2D eigenvalue weighted by Gasteiger charge is -1.93. The van der Waals surface area contributed by atoms with E-state index in [2.05, 4.69) is 0 Å². The first-order chi connectivity index (χ1) is 6.61. The Balaban J connectivity index is 2.88. The van der Waals surface area contributed by atoms with E-state index in [9.17, 15) is 14.9 Å². The van der Waals surface area contributed by atoms with E-state index in [0.717, 1.165) is 6.08 Å². The fourth-order valence-corrected chi connectivity index (χ4v) is 0.928. The van der Waals surface area contributed by atoms with Crippen LogP contribution in [0, 0.1) is 10.1 Å². The van der Waals surface area contributed by atoms with Gasteiger partial charge in [-0.2, -0.15) is 0 Å².